The zero-order valence-electron chi connectivity index (χ0n) is 16.7. The van der Waals surface area contributed by atoms with Crippen LogP contribution in [0.25, 0.3) is 0 Å². The fourth-order valence-corrected chi connectivity index (χ4v) is 4.54. The van der Waals surface area contributed by atoms with Crippen molar-refractivity contribution in [2.75, 3.05) is 0 Å². The van der Waals surface area contributed by atoms with E-state index in [2.05, 4.69) is 90.9 Å². The largest absolute Gasteiger partial charge is 0.0744 e. The molecule has 0 amide bonds. The molecule has 130 valence electrons. The standard InChI is InChI=1S/C25H30/c1-15-8-16(2)11-22(10-15)25(23-12-17(3)9-18(4)13-23)24-20(6)14-19(5)21(24)7/h8-14,20,25H,1-7H3. The van der Waals surface area contributed by atoms with Gasteiger partial charge in [-0.15, -0.1) is 0 Å². The topological polar surface area (TPSA) is 0 Å². The first-order chi connectivity index (χ1) is 11.8. The first kappa shape index (κ1) is 17.7. The zero-order chi connectivity index (χ0) is 18.3. The molecule has 0 heteroatoms. The number of rotatable bonds is 3. The van der Waals surface area contributed by atoms with Crippen LogP contribution in [-0.4, -0.2) is 0 Å². The van der Waals surface area contributed by atoms with Crippen molar-refractivity contribution in [1.82, 2.24) is 0 Å². The van der Waals surface area contributed by atoms with Crippen LogP contribution in [0, 0.1) is 33.6 Å². The number of hydrogen-bond donors (Lipinski definition) is 0. The lowest BCUT2D eigenvalue weighted by atomic mass is 9.78. The fourth-order valence-electron chi connectivity index (χ4n) is 4.54. The minimum atomic E-state index is 0.334. The molecule has 0 heterocycles. The maximum atomic E-state index is 2.42. The summed E-state index contributed by atoms with van der Waals surface area (Å²) in [6.07, 6.45) is 2.42. The SMILES string of the molecule is CC1=CC(C)C(C(c2cc(C)cc(C)c2)c2cc(C)cc(C)c2)=C1C. The van der Waals surface area contributed by atoms with E-state index in [1.54, 1.807) is 5.57 Å². The smallest absolute Gasteiger partial charge is 0.0310 e. The van der Waals surface area contributed by atoms with Crippen LogP contribution in [0.5, 0.6) is 0 Å². The van der Waals surface area contributed by atoms with Gasteiger partial charge in [-0.25, -0.2) is 0 Å². The van der Waals surface area contributed by atoms with Crippen LogP contribution in [0.2, 0.25) is 0 Å². The van der Waals surface area contributed by atoms with Crippen molar-refractivity contribution in [3.05, 3.63) is 92.6 Å². The summed E-state index contributed by atoms with van der Waals surface area (Å²) in [6.45, 7) is 15.7. The second-order valence-corrected chi connectivity index (χ2v) is 7.99. The molecular formula is C25H30. The molecule has 0 N–H and O–H groups in total. The molecule has 2 aromatic carbocycles. The van der Waals surface area contributed by atoms with E-state index in [1.165, 1.54) is 44.5 Å². The van der Waals surface area contributed by atoms with Gasteiger partial charge in [0.1, 0.15) is 0 Å². The molecule has 1 unspecified atom stereocenters. The van der Waals surface area contributed by atoms with Gasteiger partial charge in [-0.05, 0) is 69.7 Å². The van der Waals surface area contributed by atoms with E-state index in [9.17, 15) is 0 Å². The molecule has 0 nitrogen and oxygen atoms in total. The van der Waals surface area contributed by atoms with Crippen molar-refractivity contribution in [2.45, 2.75) is 54.4 Å². The van der Waals surface area contributed by atoms with Gasteiger partial charge in [0.2, 0.25) is 0 Å². The van der Waals surface area contributed by atoms with Crippen LogP contribution in [0.3, 0.4) is 0 Å². The average Bonchev–Trinajstić information content (AvgIpc) is 2.72. The zero-order valence-corrected chi connectivity index (χ0v) is 16.7. The van der Waals surface area contributed by atoms with Crippen LogP contribution in [0.15, 0.2) is 59.2 Å². The third-order valence-corrected chi connectivity index (χ3v) is 5.48. The van der Waals surface area contributed by atoms with Gasteiger partial charge in [0.25, 0.3) is 0 Å². The number of hydrogen-bond acceptors (Lipinski definition) is 0. The van der Waals surface area contributed by atoms with E-state index >= 15 is 0 Å². The van der Waals surface area contributed by atoms with Crippen LogP contribution in [-0.2, 0) is 0 Å². The normalized spacial score (nSPS) is 17.4. The van der Waals surface area contributed by atoms with E-state index in [1.807, 2.05) is 0 Å². The summed E-state index contributed by atoms with van der Waals surface area (Å²) in [6, 6.07) is 14.0. The summed E-state index contributed by atoms with van der Waals surface area (Å²) in [5, 5.41) is 0. The Labute approximate surface area is 153 Å². The van der Waals surface area contributed by atoms with Crippen LogP contribution in [0.4, 0.5) is 0 Å². The van der Waals surface area contributed by atoms with Gasteiger partial charge in [0.15, 0.2) is 0 Å². The van der Waals surface area contributed by atoms with Crippen molar-refractivity contribution in [3.63, 3.8) is 0 Å². The predicted octanol–water partition coefficient (Wildman–Crippen LogP) is 6.96. The Morgan fingerprint density at radius 1 is 0.640 bits per heavy atom. The van der Waals surface area contributed by atoms with Crippen molar-refractivity contribution in [3.8, 4) is 0 Å². The summed E-state index contributed by atoms with van der Waals surface area (Å²) >= 11 is 0. The lowest BCUT2D eigenvalue weighted by Gasteiger charge is -2.26. The molecule has 3 rings (SSSR count). The number of aryl methyl sites for hydroxylation is 4. The van der Waals surface area contributed by atoms with E-state index in [0.29, 0.717) is 11.8 Å². The van der Waals surface area contributed by atoms with Crippen molar-refractivity contribution < 1.29 is 0 Å². The van der Waals surface area contributed by atoms with Gasteiger partial charge in [0.05, 0.1) is 0 Å². The summed E-state index contributed by atoms with van der Waals surface area (Å²) in [4.78, 5) is 0. The highest BCUT2D eigenvalue weighted by atomic mass is 14.3. The summed E-state index contributed by atoms with van der Waals surface area (Å²) in [5.41, 5.74) is 12.7. The molecule has 0 aliphatic heterocycles. The lowest BCUT2D eigenvalue weighted by Crippen LogP contribution is -2.11. The highest BCUT2D eigenvalue weighted by molar-refractivity contribution is 5.53. The van der Waals surface area contributed by atoms with E-state index in [-0.39, 0.29) is 0 Å². The van der Waals surface area contributed by atoms with Gasteiger partial charge in [0, 0.05) is 5.92 Å². The van der Waals surface area contributed by atoms with Crippen molar-refractivity contribution in [1.29, 1.82) is 0 Å². The van der Waals surface area contributed by atoms with Gasteiger partial charge in [-0.1, -0.05) is 77.2 Å². The van der Waals surface area contributed by atoms with Gasteiger partial charge in [-0.3, -0.25) is 0 Å². The average molecular weight is 331 g/mol. The molecular weight excluding hydrogens is 300 g/mol. The Hall–Kier alpha value is -2.08. The van der Waals surface area contributed by atoms with Gasteiger partial charge < -0.3 is 0 Å². The second-order valence-electron chi connectivity index (χ2n) is 7.99. The number of allylic oxidation sites excluding steroid dienone is 4. The van der Waals surface area contributed by atoms with Crippen LogP contribution < -0.4 is 0 Å². The Morgan fingerprint density at radius 2 is 1.04 bits per heavy atom. The molecule has 1 atom stereocenters. The number of benzene rings is 2. The Morgan fingerprint density at radius 3 is 1.36 bits per heavy atom. The minimum Gasteiger partial charge on any atom is -0.0744 e. The molecule has 1 aliphatic rings. The van der Waals surface area contributed by atoms with Gasteiger partial charge in [-0.2, -0.15) is 0 Å². The monoisotopic (exact) mass is 330 g/mol. The summed E-state index contributed by atoms with van der Waals surface area (Å²) in [7, 11) is 0. The molecule has 0 spiro atoms. The molecule has 0 saturated carbocycles. The van der Waals surface area contributed by atoms with Crippen molar-refractivity contribution >= 4 is 0 Å². The molecule has 1 aliphatic carbocycles. The predicted molar refractivity (Wildman–Crippen MR) is 109 cm³/mol. The van der Waals surface area contributed by atoms with Crippen molar-refractivity contribution in [2.24, 2.45) is 5.92 Å². The molecule has 0 bridgehead atoms. The van der Waals surface area contributed by atoms with E-state index in [0.717, 1.165) is 0 Å². The first-order valence-corrected chi connectivity index (χ1v) is 9.32. The van der Waals surface area contributed by atoms with Gasteiger partial charge >= 0.3 is 0 Å². The third kappa shape index (κ3) is 3.49. The van der Waals surface area contributed by atoms with E-state index in [4.69, 9.17) is 0 Å². The lowest BCUT2D eigenvalue weighted by molar-refractivity contribution is 0.767. The summed E-state index contributed by atoms with van der Waals surface area (Å²) in [5.74, 6) is 0.826. The third-order valence-electron chi connectivity index (χ3n) is 5.48. The Kier molecular flexibility index (Phi) is 4.73. The highest BCUT2D eigenvalue weighted by Crippen LogP contribution is 2.44. The Bertz CT molecular complexity index is 785. The molecule has 0 radical (unpaired) electrons. The quantitative estimate of drug-likeness (QED) is 0.570. The van der Waals surface area contributed by atoms with E-state index < -0.39 is 0 Å². The minimum absolute atomic E-state index is 0.334. The van der Waals surface area contributed by atoms with Crippen LogP contribution >= 0.6 is 0 Å². The first-order valence-electron chi connectivity index (χ1n) is 9.32. The molecule has 0 fully saturated rings. The fraction of sp³-hybridized carbons (Fsp3) is 0.360. The molecule has 25 heavy (non-hydrogen) atoms. The maximum Gasteiger partial charge on any atom is 0.0310 e. The molecule has 0 saturated heterocycles. The van der Waals surface area contributed by atoms with Crippen LogP contribution in [0.1, 0.15) is 60.1 Å². The maximum absolute atomic E-state index is 2.42. The second kappa shape index (κ2) is 6.67. The Balaban J connectivity index is 2.26. The highest BCUT2D eigenvalue weighted by Gasteiger charge is 2.28. The molecule has 0 aromatic heterocycles. The molecule has 2 aromatic rings. The summed E-state index contributed by atoms with van der Waals surface area (Å²) < 4.78 is 0.